The molecule has 30 heavy (non-hydrogen) atoms. The lowest BCUT2D eigenvalue weighted by atomic mass is 9.97. The van der Waals surface area contributed by atoms with Crippen molar-refractivity contribution in [3.8, 4) is 0 Å². The molecule has 0 saturated heterocycles. The zero-order valence-electron chi connectivity index (χ0n) is 16.3. The number of rotatable bonds is 5. The van der Waals surface area contributed by atoms with Crippen molar-refractivity contribution < 1.29 is 14.0 Å². The summed E-state index contributed by atoms with van der Waals surface area (Å²) in [5.74, 6) is -2.24. The van der Waals surface area contributed by atoms with Crippen LogP contribution >= 0.6 is 11.3 Å². The lowest BCUT2D eigenvalue weighted by Crippen LogP contribution is -2.43. The second kappa shape index (κ2) is 9.19. The van der Waals surface area contributed by atoms with Gasteiger partial charge in [0.2, 0.25) is 0 Å². The van der Waals surface area contributed by atoms with Gasteiger partial charge in [0.1, 0.15) is 5.82 Å². The van der Waals surface area contributed by atoms with E-state index in [0.717, 1.165) is 25.1 Å². The summed E-state index contributed by atoms with van der Waals surface area (Å²) in [7, 11) is 0. The maximum atomic E-state index is 13.7. The molecule has 0 bridgehead atoms. The largest absolute Gasteiger partial charge is 0.346 e. The number of carbonyl (C=O) groups excluding carboxylic acids is 2. The highest BCUT2D eigenvalue weighted by Gasteiger charge is 2.26. The Kier molecular flexibility index (Phi) is 6.21. The van der Waals surface area contributed by atoms with Crippen LogP contribution < -0.4 is 10.6 Å². The number of anilines is 1. The van der Waals surface area contributed by atoms with Crippen molar-refractivity contribution in [2.45, 2.75) is 19.0 Å². The van der Waals surface area contributed by atoms with E-state index >= 15 is 0 Å². The second-order valence-electron chi connectivity index (χ2n) is 7.21. The first kappa shape index (κ1) is 20.3. The van der Waals surface area contributed by atoms with Crippen molar-refractivity contribution in [3.05, 3.63) is 87.9 Å². The van der Waals surface area contributed by atoms with E-state index in [-0.39, 0.29) is 11.7 Å². The van der Waals surface area contributed by atoms with Crippen LogP contribution in [0.15, 0.2) is 65.4 Å². The molecule has 154 valence electrons. The van der Waals surface area contributed by atoms with E-state index in [2.05, 4.69) is 39.1 Å². The Hall–Kier alpha value is -3.03. The van der Waals surface area contributed by atoms with Crippen LogP contribution in [0.5, 0.6) is 0 Å². The quantitative estimate of drug-likeness (QED) is 0.615. The number of fused-ring (bicyclic) bond motifs is 1. The summed E-state index contributed by atoms with van der Waals surface area (Å²) in [6.07, 6.45) is 0.943. The number of hydrogen-bond donors (Lipinski definition) is 2. The number of halogens is 1. The molecule has 0 unspecified atom stereocenters. The molecule has 0 saturated carbocycles. The summed E-state index contributed by atoms with van der Waals surface area (Å²) in [6.45, 7) is 1.95. The lowest BCUT2D eigenvalue weighted by molar-refractivity contribution is -0.136. The smallest absolute Gasteiger partial charge is 0.313 e. The first-order valence-electron chi connectivity index (χ1n) is 9.78. The first-order valence-corrected chi connectivity index (χ1v) is 10.7. The van der Waals surface area contributed by atoms with Crippen molar-refractivity contribution >= 4 is 28.8 Å². The van der Waals surface area contributed by atoms with E-state index in [0.29, 0.717) is 6.54 Å². The number of benzene rings is 2. The fourth-order valence-electron chi connectivity index (χ4n) is 3.72. The monoisotopic (exact) mass is 423 g/mol. The molecule has 4 rings (SSSR count). The van der Waals surface area contributed by atoms with Crippen LogP contribution in [0.4, 0.5) is 10.1 Å². The molecule has 0 fully saturated rings. The molecule has 2 N–H and O–H groups in total. The Labute approximate surface area is 178 Å². The number of nitrogens with one attached hydrogen (secondary N) is 2. The minimum absolute atomic E-state index is 0.0142. The Morgan fingerprint density at radius 1 is 1.03 bits per heavy atom. The van der Waals surface area contributed by atoms with E-state index in [9.17, 15) is 14.0 Å². The van der Waals surface area contributed by atoms with Gasteiger partial charge in [-0.3, -0.25) is 14.5 Å². The normalized spacial score (nSPS) is 14.6. The molecule has 1 aliphatic heterocycles. The summed E-state index contributed by atoms with van der Waals surface area (Å²) >= 11 is 1.60. The molecule has 2 heterocycles. The van der Waals surface area contributed by atoms with Gasteiger partial charge in [-0.1, -0.05) is 36.4 Å². The zero-order valence-corrected chi connectivity index (χ0v) is 17.1. The summed E-state index contributed by atoms with van der Waals surface area (Å²) < 4.78 is 13.7. The number of hydrogen-bond acceptors (Lipinski definition) is 4. The second-order valence-corrected chi connectivity index (χ2v) is 7.99. The third-order valence-electron chi connectivity index (χ3n) is 5.31. The van der Waals surface area contributed by atoms with Crippen LogP contribution in [0.1, 0.15) is 22.7 Å². The molecule has 0 spiro atoms. The summed E-state index contributed by atoms with van der Waals surface area (Å²) in [6, 6.07) is 16.1. The highest BCUT2D eigenvalue weighted by Crippen LogP contribution is 2.28. The average molecular weight is 424 g/mol. The topological polar surface area (TPSA) is 61.4 Å². The fraction of sp³-hybridized carbons (Fsp3) is 0.217. The van der Waals surface area contributed by atoms with E-state index in [1.54, 1.807) is 17.4 Å². The molecule has 1 aromatic heterocycles. The maximum absolute atomic E-state index is 13.7. The summed E-state index contributed by atoms with van der Waals surface area (Å²) in [5, 5.41) is 9.12. The van der Waals surface area contributed by atoms with Gasteiger partial charge in [0, 0.05) is 19.6 Å². The van der Waals surface area contributed by atoms with Gasteiger partial charge in [-0.2, -0.15) is 11.3 Å². The predicted octanol–water partition coefficient (Wildman–Crippen LogP) is 3.74. The van der Waals surface area contributed by atoms with Crippen LogP contribution in [0.3, 0.4) is 0 Å². The van der Waals surface area contributed by atoms with Crippen molar-refractivity contribution in [2.75, 3.05) is 18.4 Å². The zero-order chi connectivity index (χ0) is 20.9. The van der Waals surface area contributed by atoms with E-state index in [4.69, 9.17) is 0 Å². The highest BCUT2D eigenvalue weighted by atomic mass is 32.1. The van der Waals surface area contributed by atoms with Crippen molar-refractivity contribution in [3.63, 3.8) is 0 Å². The number of carbonyl (C=O) groups is 2. The molecule has 1 aliphatic rings. The minimum atomic E-state index is -0.881. The molecule has 7 heteroatoms. The molecule has 1 atom stereocenters. The third-order valence-corrected chi connectivity index (χ3v) is 6.01. The summed E-state index contributed by atoms with van der Waals surface area (Å²) in [4.78, 5) is 26.9. The molecular formula is C23H22FN3O2S. The van der Waals surface area contributed by atoms with Gasteiger partial charge in [-0.05, 0) is 52.1 Å². The van der Waals surface area contributed by atoms with Crippen LogP contribution in [-0.4, -0.2) is 29.8 Å². The predicted molar refractivity (Wildman–Crippen MR) is 116 cm³/mol. The van der Waals surface area contributed by atoms with Crippen LogP contribution in [-0.2, 0) is 22.6 Å². The standard InChI is InChI=1S/C23H22FN3O2S/c24-19-7-3-4-8-20(19)26-23(29)22(28)25-13-21(18-10-12-30-15-18)27-11-9-16-5-1-2-6-17(16)14-27/h1-8,10,12,15,21H,9,11,13-14H2,(H,25,28)(H,26,29)/t21-/m0/s1. The molecule has 0 radical (unpaired) electrons. The van der Waals surface area contributed by atoms with Gasteiger partial charge in [-0.25, -0.2) is 4.39 Å². The molecule has 3 aromatic rings. The van der Waals surface area contributed by atoms with Crippen LogP contribution in [0.2, 0.25) is 0 Å². The maximum Gasteiger partial charge on any atom is 0.313 e. The molecule has 0 aliphatic carbocycles. The number of amides is 2. The molecular weight excluding hydrogens is 401 g/mol. The SMILES string of the molecule is O=C(NC[C@@H](c1ccsc1)N1CCc2ccccc2C1)C(=O)Nc1ccccc1F. The van der Waals surface area contributed by atoms with Gasteiger partial charge in [0.15, 0.2) is 0 Å². The summed E-state index contributed by atoms with van der Waals surface area (Å²) in [5.41, 5.74) is 3.73. The minimum Gasteiger partial charge on any atom is -0.346 e. The molecule has 5 nitrogen and oxygen atoms in total. The van der Waals surface area contributed by atoms with E-state index in [1.165, 1.54) is 29.3 Å². The van der Waals surface area contributed by atoms with Crippen LogP contribution in [0.25, 0.3) is 0 Å². The Morgan fingerprint density at radius 3 is 2.57 bits per heavy atom. The van der Waals surface area contributed by atoms with Crippen molar-refractivity contribution in [1.82, 2.24) is 10.2 Å². The van der Waals surface area contributed by atoms with Crippen molar-refractivity contribution in [1.29, 1.82) is 0 Å². The van der Waals surface area contributed by atoms with Gasteiger partial charge in [0.05, 0.1) is 11.7 Å². The first-order chi connectivity index (χ1) is 14.6. The van der Waals surface area contributed by atoms with Gasteiger partial charge in [0.25, 0.3) is 0 Å². The van der Waals surface area contributed by atoms with Crippen molar-refractivity contribution in [2.24, 2.45) is 0 Å². The van der Waals surface area contributed by atoms with E-state index < -0.39 is 17.6 Å². The Balaban J connectivity index is 1.43. The Bertz CT molecular complexity index is 1040. The number of nitrogens with zero attached hydrogens (tertiary/aromatic N) is 1. The van der Waals surface area contributed by atoms with Gasteiger partial charge in [-0.15, -0.1) is 0 Å². The lowest BCUT2D eigenvalue weighted by Gasteiger charge is -2.35. The van der Waals surface area contributed by atoms with Gasteiger partial charge < -0.3 is 10.6 Å². The Morgan fingerprint density at radius 2 is 1.80 bits per heavy atom. The molecule has 2 aromatic carbocycles. The highest BCUT2D eigenvalue weighted by molar-refractivity contribution is 7.08. The molecule has 2 amide bonds. The number of para-hydroxylation sites is 1. The third kappa shape index (κ3) is 4.58. The average Bonchev–Trinajstić information content (AvgIpc) is 3.30. The fourth-order valence-corrected chi connectivity index (χ4v) is 4.42. The number of thiophene rings is 1. The van der Waals surface area contributed by atoms with Crippen LogP contribution in [0, 0.1) is 5.82 Å². The van der Waals surface area contributed by atoms with E-state index in [1.807, 2.05) is 17.5 Å². The van der Waals surface area contributed by atoms with Gasteiger partial charge >= 0.3 is 11.8 Å².